The predicted octanol–water partition coefficient (Wildman–Crippen LogP) is 6.01. The highest BCUT2D eigenvalue weighted by Crippen LogP contribution is 2.47. The van der Waals surface area contributed by atoms with Gasteiger partial charge in [0.1, 0.15) is 0 Å². The molecule has 0 spiro atoms. The van der Waals surface area contributed by atoms with Crippen LogP contribution in [-0.4, -0.2) is 0 Å². The number of hydrogen-bond donors (Lipinski definition) is 0. The van der Waals surface area contributed by atoms with Gasteiger partial charge in [0.2, 0.25) is 0 Å². The molecular weight excluding hydrogens is 228 g/mol. The third-order valence-electron chi connectivity index (χ3n) is 6.56. The SMILES string of the molecule is CC1CC(C)C(CC2C(C)CC(C)CC2C)C(C)C1. The Labute approximate surface area is 121 Å². The van der Waals surface area contributed by atoms with E-state index in [4.69, 9.17) is 0 Å². The molecule has 0 heteroatoms. The maximum absolute atomic E-state index is 2.53. The van der Waals surface area contributed by atoms with Gasteiger partial charge in [0, 0.05) is 0 Å². The summed E-state index contributed by atoms with van der Waals surface area (Å²) in [5.41, 5.74) is 0. The lowest BCUT2D eigenvalue weighted by Crippen LogP contribution is -2.36. The Kier molecular flexibility index (Phi) is 5.01. The molecule has 19 heavy (non-hydrogen) atoms. The van der Waals surface area contributed by atoms with Gasteiger partial charge in [0.25, 0.3) is 0 Å². The third-order valence-corrected chi connectivity index (χ3v) is 6.56. The van der Waals surface area contributed by atoms with Gasteiger partial charge in [-0.1, -0.05) is 41.5 Å². The molecule has 0 saturated heterocycles. The minimum Gasteiger partial charge on any atom is -0.0625 e. The highest BCUT2D eigenvalue weighted by molar-refractivity contribution is 4.87. The zero-order valence-corrected chi connectivity index (χ0v) is 14.2. The Morgan fingerprint density at radius 1 is 0.526 bits per heavy atom. The first-order chi connectivity index (χ1) is 8.88. The molecule has 0 bridgehead atoms. The molecule has 0 amide bonds. The van der Waals surface area contributed by atoms with Gasteiger partial charge in [0.05, 0.1) is 0 Å². The van der Waals surface area contributed by atoms with Gasteiger partial charge in [-0.2, -0.15) is 0 Å². The van der Waals surface area contributed by atoms with Crippen molar-refractivity contribution in [2.75, 3.05) is 0 Å². The van der Waals surface area contributed by atoms with Gasteiger partial charge < -0.3 is 0 Å². The molecule has 112 valence electrons. The van der Waals surface area contributed by atoms with Crippen molar-refractivity contribution in [3.8, 4) is 0 Å². The van der Waals surface area contributed by atoms with Crippen LogP contribution in [0, 0.1) is 47.3 Å². The zero-order chi connectivity index (χ0) is 14.2. The minimum atomic E-state index is 0.956. The predicted molar refractivity (Wildman–Crippen MR) is 85.0 cm³/mol. The van der Waals surface area contributed by atoms with Gasteiger partial charge in [-0.15, -0.1) is 0 Å². The minimum absolute atomic E-state index is 0.956. The lowest BCUT2D eigenvalue weighted by molar-refractivity contribution is 0.0533. The van der Waals surface area contributed by atoms with E-state index in [0.717, 1.165) is 47.3 Å². The Hall–Kier alpha value is 0. The van der Waals surface area contributed by atoms with Gasteiger partial charge in [-0.25, -0.2) is 0 Å². The van der Waals surface area contributed by atoms with Crippen LogP contribution in [0.15, 0.2) is 0 Å². The summed E-state index contributed by atoms with van der Waals surface area (Å²) in [5, 5.41) is 0. The van der Waals surface area contributed by atoms with E-state index in [1.54, 1.807) is 0 Å². The van der Waals surface area contributed by atoms with Crippen LogP contribution < -0.4 is 0 Å². The molecule has 4 atom stereocenters. The summed E-state index contributed by atoms with van der Waals surface area (Å²) in [4.78, 5) is 0. The van der Waals surface area contributed by atoms with Crippen LogP contribution >= 0.6 is 0 Å². The summed E-state index contributed by atoms with van der Waals surface area (Å²) < 4.78 is 0. The second-order valence-electron chi connectivity index (χ2n) is 8.63. The second kappa shape index (κ2) is 6.19. The molecule has 2 aliphatic rings. The molecule has 0 aromatic heterocycles. The summed E-state index contributed by atoms with van der Waals surface area (Å²) in [6, 6.07) is 0. The fourth-order valence-corrected chi connectivity index (χ4v) is 5.80. The lowest BCUT2D eigenvalue weighted by Gasteiger charge is -2.45. The number of rotatable bonds is 2. The van der Waals surface area contributed by atoms with Crippen molar-refractivity contribution in [1.82, 2.24) is 0 Å². The van der Waals surface area contributed by atoms with Gasteiger partial charge in [-0.05, 0) is 79.4 Å². The monoisotopic (exact) mass is 264 g/mol. The first-order valence-corrected chi connectivity index (χ1v) is 8.88. The summed E-state index contributed by atoms with van der Waals surface area (Å²) in [6.45, 7) is 15.0. The molecular formula is C19H36. The second-order valence-corrected chi connectivity index (χ2v) is 8.63. The van der Waals surface area contributed by atoms with Crippen LogP contribution in [0.4, 0.5) is 0 Å². The van der Waals surface area contributed by atoms with Gasteiger partial charge in [0.15, 0.2) is 0 Å². The van der Waals surface area contributed by atoms with Crippen molar-refractivity contribution in [3.63, 3.8) is 0 Å². The summed E-state index contributed by atoms with van der Waals surface area (Å²) >= 11 is 0. The van der Waals surface area contributed by atoms with Crippen molar-refractivity contribution in [1.29, 1.82) is 0 Å². The fraction of sp³-hybridized carbons (Fsp3) is 1.00. The highest BCUT2D eigenvalue weighted by Gasteiger charge is 2.37. The topological polar surface area (TPSA) is 0 Å². The molecule has 0 radical (unpaired) electrons. The first-order valence-electron chi connectivity index (χ1n) is 8.88. The van der Waals surface area contributed by atoms with E-state index < -0.39 is 0 Å². The molecule has 0 aromatic carbocycles. The normalized spacial score (nSPS) is 52.1. The zero-order valence-electron chi connectivity index (χ0n) is 14.2. The maximum atomic E-state index is 2.53. The Balaban J connectivity index is 1.99. The van der Waals surface area contributed by atoms with Crippen LogP contribution in [0.1, 0.15) is 73.6 Å². The first kappa shape index (κ1) is 15.4. The molecule has 0 nitrogen and oxygen atoms in total. The van der Waals surface area contributed by atoms with Crippen molar-refractivity contribution in [2.45, 2.75) is 73.6 Å². The molecule has 2 fully saturated rings. The molecule has 2 saturated carbocycles. The van der Waals surface area contributed by atoms with E-state index in [9.17, 15) is 0 Å². The van der Waals surface area contributed by atoms with E-state index in [1.807, 2.05) is 0 Å². The molecule has 0 aromatic rings. The van der Waals surface area contributed by atoms with E-state index in [-0.39, 0.29) is 0 Å². The summed E-state index contributed by atoms with van der Waals surface area (Å²) in [5.74, 6) is 7.74. The van der Waals surface area contributed by atoms with Crippen LogP contribution in [0.3, 0.4) is 0 Å². The summed E-state index contributed by atoms with van der Waals surface area (Å²) in [6.07, 6.45) is 7.41. The third kappa shape index (κ3) is 3.56. The Morgan fingerprint density at radius 2 is 0.789 bits per heavy atom. The molecule has 2 aliphatic carbocycles. The van der Waals surface area contributed by atoms with Crippen molar-refractivity contribution < 1.29 is 0 Å². The summed E-state index contributed by atoms with van der Waals surface area (Å²) in [7, 11) is 0. The van der Waals surface area contributed by atoms with E-state index in [1.165, 1.54) is 32.1 Å². The van der Waals surface area contributed by atoms with Crippen molar-refractivity contribution in [3.05, 3.63) is 0 Å². The van der Waals surface area contributed by atoms with Crippen molar-refractivity contribution in [2.24, 2.45) is 47.3 Å². The number of hydrogen-bond acceptors (Lipinski definition) is 0. The van der Waals surface area contributed by atoms with E-state index in [0.29, 0.717) is 0 Å². The molecule has 2 rings (SSSR count). The molecule has 0 N–H and O–H groups in total. The smallest absolute Gasteiger partial charge is 0.0360 e. The Morgan fingerprint density at radius 3 is 1.05 bits per heavy atom. The molecule has 4 unspecified atom stereocenters. The fourth-order valence-electron chi connectivity index (χ4n) is 5.80. The maximum Gasteiger partial charge on any atom is -0.0360 e. The highest BCUT2D eigenvalue weighted by atomic mass is 14.4. The standard InChI is InChI=1S/C19H36/c1-12-7-14(3)18(15(4)8-12)11-19-16(5)9-13(2)10-17(19)6/h12-19H,7-11H2,1-6H3. The van der Waals surface area contributed by atoms with Crippen LogP contribution in [-0.2, 0) is 0 Å². The van der Waals surface area contributed by atoms with Crippen LogP contribution in [0.2, 0.25) is 0 Å². The lowest BCUT2D eigenvalue weighted by atomic mass is 9.61. The van der Waals surface area contributed by atoms with Crippen LogP contribution in [0.5, 0.6) is 0 Å². The van der Waals surface area contributed by atoms with Gasteiger partial charge in [-0.3, -0.25) is 0 Å². The van der Waals surface area contributed by atoms with E-state index >= 15 is 0 Å². The van der Waals surface area contributed by atoms with Gasteiger partial charge >= 0.3 is 0 Å². The average molecular weight is 264 g/mol. The van der Waals surface area contributed by atoms with Crippen molar-refractivity contribution >= 4 is 0 Å². The molecule has 0 aliphatic heterocycles. The van der Waals surface area contributed by atoms with Crippen LogP contribution in [0.25, 0.3) is 0 Å². The largest absolute Gasteiger partial charge is 0.0625 e. The Bertz CT molecular complexity index is 230. The quantitative estimate of drug-likeness (QED) is 0.572. The molecule has 0 heterocycles. The van der Waals surface area contributed by atoms with E-state index in [2.05, 4.69) is 41.5 Å². The average Bonchev–Trinajstić information content (AvgIpc) is 2.25.